The number of rotatable bonds is 2. The first-order valence-corrected chi connectivity index (χ1v) is 6.80. The number of phenols is 3. The van der Waals surface area contributed by atoms with Crippen LogP contribution in [0.2, 0.25) is 10.0 Å². The van der Waals surface area contributed by atoms with Crippen LogP contribution < -0.4 is 0 Å². The summed E-state index contributed by atoms with van der Waals surface area (Å²) in [6, 6.07) is 6.59. The Morgan fingerprint density at radius 1 is 0.955 bits per heavy atom. The smallest absolute Gasteiger partial charge is 0.228 e. The van der Waals surface area contributed by atoms with Gasteiger partial charge < -0.3 is 19.7 Å². The number of furan rings is 1. The number of fused-ring (bicyclic) bond motifs is 1. The zero-order chi connectivity index (χ0) is 16.0. The Hall–Kier alpha value is -2.37. The topological polar surface area (TPSA) is 90.9 Å². The molecule has 0 radical (unpaired) electrons. The molecule has 0 aliphatic heterocycles. The normalized spacial score (nSPS) is 11.0. The van der Waals surface area contributed by atoms with Crippen LogP contribution in [0.1, 0.15) is 16.1 Å². The Morgan fingerprint density at radius 3 is 2.23 bits per heavy atom. The number of benzene rings is 2. The van der Waals surface area contributed by atoms with E-state index in [-0.39, 0.29) is 16.3 Å². The van der Waals surface area contributed by atoms with E-state index in [1.807, 2.05) is 0 Å². The Morgan fingerprint density at radius 2 is 1.59 bits per heavy atom. The van der Waals surface area contributed by atoms with E-state index in [4.69, 9.17) is 27.6 Å². The summed E-state index contributed by atoms with van der Waals surface area (Å²) >= 11 is 11.9. The maximum atomic E-state index is 12.4. The van der Waals surface area contributed by atoms with E-state index < -0.39 is 23.0 Å². The molecule has 7 heteroatoms. The Bertz CT molecular complexity index is 891. The summed E-state index contributed by atoms with van der Waals surface area (Å²) in [6.07, 6.45) is 0. The highest BCUT2D eigenvalue weighted by Crippen LogP contribution is 2.37. The largest absolute Gasteiger partial charge is 0.504 e. The lowest BCUT2D eigenvalue weighted by atomic mass is 10.1. The molecular weight excluding hydrogens is 331 g/mol. The summed E-state index contributed by atoms with van der Waals surface area (Å²) < 4.78 is 5.41. The van der Waals surface area contributed by atoms with Crippen molar-refractivity contribution in [1.82, 2.24) is 0 Å². The second kappa shape index (κ2) is 5.12. The summed E-state index contributed by atoms with van der Waals surface area (Å²) in [4.78, 5) is 12.4. The Labute approximate surface area is 133 Å². The molecule has 0 unspecified atom stereocenters. The van der Waals surface area contributed by atoms with Gasteiger partial charge in [-0.25, -0.2) is 0 Å². The first kappa shape index (κ1) is 14.6. The van der Waals surface area contributed by atoms with Gasteiger partial charge in [0.2, 0.25) is 5.78 Å². The second-order valence-electron chi connectivity index (χ2n) is 4.61. The fourth-order valence-corrected chi connectivity index (χ4v) is 2.61. The highest BCUT2D eigenvalue weighted by Gasteiger charge is 2.19. The lowest BCUT2D eigenvalue weighted by molar-refractivity contribution is 0.101. The maximum Gasteiger partial charge on any atom is 0.228 e. The molecule has 0 amide bonds. The number of aromatic hydroxyl groups is 3. The predicted molar refractivity (Wildman–Crippen MR) is 81.1 cm³/mol. The van der Waals surface area contributed by atoms with Gasteiger partial charge >= 0.3 is 0 Å². The lowest BCUT2D eigenvalue weighted by Gasteiger charge is -2.03. The second-order valence-corrected chi connectivity index (χ2v) is 5.45. The molecule has 0 saturated heterocycles. The zero-order valence-corrected chi connectivity index (χ0v) is 12.3. The number of carbonyl (C=O) groups is 1. The van der Waals surface area contributed by atoms with Gasteiger partial charge in [0.15, 0.2) is 28.6 Å². The van der Waals surface area contributed by atoms with Crippen molar-refractivity contribution in [2.75, 3.05) is 0 Å². The summed E-state index contributed by atoms with van der Waals surface area (Å²) in [6.45, 7) is 0. The molecule has 3 aromatic rings. The molecule has 0 aliphatic rings. The van der Waals surface area contributed by atoms with Crippen LogP contribution in [0.4, 0.5) is 0 Å². The van der Waals surface area contributed by atoms with Gasteiger partial charge in [-0.05, 0) is 30.3 Å². The van der Waals surface area contributed by atoms with Crippen molar-refractivity contribution in [2.45, 2.75) is 0 Å². The van der Waals surface area contributed by atoms with Gasteiger partial charge in [0.05, 0.1) is 5.02 Å². The Kier molecular flexibility index (Phi) is 3.39. The highest BCUT2D eigenvalue weighted by atomic mass is 35.5. The molecule has 2 aromatic carbocycles. The molecule has 0 saturated carbocycles. The maximum absolute atomic E-state index is 12.4. The van der Waals surface area contributed by atoms with Crippen molar-refractivity contribution in [3.05, 3.63) is 51.7 Å². The van der Waals surface area contributed by atoms with Gasteiger partial charge in [-0.15, -0.1) is 0 Å². The fraction of sp³-hybridized carbons (Fsp3) is 0. The molecule has 0 aliphatic carbocycles. The third-order valence-electron chi connectivity index (χ3n) is 3.09. The average molecular weight is 339 g/mol. The minimum atomic E-state index is -0.698. The van der Waals surface area contributed by atoms with Crippen LogP contribution in [0, 0.1) is 0 Å². The van der Waals surface area contributed by atoms with E-state index in [1.54, 1.807) is 6.07 Å². The van der Waals surface area contributed by atoms with E-state index in [9.17, 15) is 20.1 Å². The van der Waals surface area contributed by atoms with E-state index in [1.165, 1.54) is 12.1 Å². The van der Waals surface area contributed by atoms with Crippen LogP contribution in [0.5, 0.6) is 17.2 Å². The summed E-state index contributed by atoms with van der Waals surface area (Å²) in [5, 5.41) is 29.4. The van der Waals surface area contributed by atoms with Crippen molar-refractivity contribution in [2.24, 2.45) is 0 Å². The van der Waals surface area contributed by atoms with E-state index in [0.717, 1.165) is 12.1 Å². The molecule has 0 spiro atoms. The van der Waals surface area contributed by atoms with Crippen LogP contribution in [0.15, 0.2) is 34.7 Å². The third kappa shape index (κ3) is 2.34. The minimum Gasteiger partial charge on any atom is -0.504 e. The average Bonchev–Trinajstić information content (AvgIpc) is 2.87. The van der Waals surface area contributed by atoms with Crippen molar-refractivity contribution >= 4 is 40.0 Å². The quantitative estimate of drug-likeness (QED) is 0.483. The molecule has 3 rings (SSSR count). The van der Waals surface area contributed by atoms with Crippen LogP contribution in [-0.4, -0.2) is 21.1 Å². The summed E-state index contributed by atoms with van der Waals surface area (Å²) in [7, 11) is 0. The van der Waals surface area contributed by atoms with E-state index in [2.05, 4.69) is 0 Å². The zero-order valence-electron chi connectivity index (χ0n) is 10.8. The van der Waals surface area contributed by atoms with Crippen molar-refractivity contribution in [3.8, 4) is 17.2 Å². The number of hydrogen-bond donors (Lipinski definition) is 3. The van der Waals surface area contributed by atoms with Crippen molar-refractivity contribution in [3.63, 3.8) is 0 Å². The number of ketones is 1. The number of halogens is 2. The molecule has 1 heterocycles. The molecule has 5 nitrogen and oxygen atoms in total. The first-order valence-electron chi connectivity index (χ1n) is 6.05. The van der Waals surface area contributed by atoms with Gasteiger partial charge in [0.25, 0.3) is 0 Å². The fourth-order valence-electron chi connectivity index (χ4n) is 2.07. The molecule has 22 heavy (non-hydrogen) atoms. The van der Waals surface area contributed by atoms with E-state index >= 15 is 0 Å². The highest BCUT2D eigenvalue weighted by molar-refractivity contribution is 6.38. The molecule has 0 fully saturated rings. The van der Waals surface area contributed by atoms with Gasteiger partial charge in [0.1, 0.15) is 0 Å². The summed E-state index contributed by atoms with van der Waals surface area (Å²) in [5.74, 6) is -2.55. The number of phenolic OH excluding ortho intramolecular Hbond substituents is 3. The van der Waals surface area contributed by atoms with Crippen molar-refractivity contribution < 1.29 is 24.5 Å². The lowest BCUT2D eigenvalue weighted by Crippen LogP contribution is -1.99. The molecular formula is C15H8Cl2O5. The SMILES string of the molecule is O=C(c1cc(O)c(O)c(O)c1)c1cc2cc(Cl)cc(Cl)c2o1. The standard InChI is InChI=1S/C15H8Cl2O5/c16-8-1-7-4-12(22-15(7)9(17)5-8)13(20)6-2-10(18)14(21)11(19)3-6/h1-5,18-19,21H. The van der Waals surface area contributed by atoms with Gasteiger partial charge in [-0.3, -0.25) is 4.79 Å². The van der Waals surface area contributed by atoms with Gasteiger partial charge in [-0.2, -0.15) is 0 Å². The third-order valence-corrected chi connectivity index (χ3v) is 3.59. The predicted octanol–water partition coefficient (Wildman–Crippen LogP) is 4.09. The van der Waals surface area contributed by atoms with Gasteiger partial charge in [-0.1, -0.05) is 23.2 Å². The monoisotopic (exact) mass is 338 g/mol. The van der Waals surface area contributed by atoms with Crippen LogP contribution in [-0.2, 0) is 0 Å². The molecule has 1 aromatic heterocycles. The molecule has 3 N–H and O–H groups in total. The van der Waals surface area contributed by atoms with Crippen LogP contribution in [0.25, 0.3) is 11.0 Å². The van der Waals surface area contributed by atoms with Crippen molar-refractivity contribution in [1.29, 1.82) is 0 Å². The van der Waals surface area contributed by atoms with Crippen LogP contribution >= 0.6 is 23.2 Å². The minimum absolute atomic E-state index is 0.0383. The first-order chi connectivity index (χ1) is 10.4. The number of carbonyl (C=O) groups excluding carboxylic acids is 1. The molecule has 0 bridgehead atoms. The van der Waals surface area contributed by atoms with Crippen LogP contribution in [0.3, 0.4) is 0 Å². The van der Waals surface area contributed by atoms with E-state index in [0.29, 0.717) is 16.0 Å². The Balaban J connectivity index is 2.11. The molecule has 112 valence electrons. The molecule has 0 atom stereocenters. The number of hydrogen-bond acceptors (Lipinski definition) is 5. The van der Waals surface area contributed by atoms with Gasteiger partial charge in [0, 0.05) is 16.0 Å². The summed E-state index contributed by atoms with van der Waals surface area (Å²) in [5.41, 5.74) is 0.260.